The Morgan fingerprint density at radius 3 is 2.51 bits per heavy atom. The number of nitrogens with zero attached hydrogens (tertiary/aromatic N) is 2. The number of likely N-dealkylation sites (tertiary alicyclic amines) is 1. The van der Waals surface area contributed by atoms with Crippen molar-refractivity contribution in [2.75, 3.05) is 26.2 Å². The number of hydrogen-bond acceptors (Lipinski definition) is 6. The molecule has 0 saturated carbocycles. The van der Waals surface area contributed by atoms with E-state index < -0.39 is 43.3 Å². The fourth-order valence-corrected chi connectivity index (χ4v) is 3.56. The average Bonchev–Trinajstić information content (AvgIpc) is 3.21. The monoisotopic (exact) mass is 520 g/mol. The Kier molecular flexibility index (Phi) is 8.07. The molecule has 0 radical (unpaired) electrons. The minimum Gasteiger partial charge on any atom is -0.464 e. The lowest BCUT2D eigenvalue weighted by atomic mass is 10.0. The largest absolute Gasteiger partial charge is 0.522 e. The Bertz CT molecular complexity index is 1120. The van der Waals surface area contributed by atoms with Crippen LogP contribution < -0.4 is 10.7 Å². The van der Waals surface area contributed by atoms with Crippen LogP contribution in [0.2, 0.25) is 5.02 Å². The lowest BCUT2D eigenvalue weighted by molar-refractivity contribution is -0.324. The molecular formula is C20H20ClF3N4O7. The van der Waals surface area contributed by atoms with Gasteiger partial charge in [0.25, 0.3) is 5.91 Å². The number of rotatable bonds is 5. The summed E-state index contributed by atoms with van der Waals surface area (Å²) in [5.41, 5.74) is 2.24. The zero-order chi connectivity index (χ0) is 25.8. The minimum absolute atomic E-state index is 0.0806. The van der Waals surface area contributed by atoms with Gasteiger partial charge in [0.2, 0.25) is 0 Å². The van der Waals surface area contributed by atoms with Crippen LogP contribution in [0.25, 0.3) is 11.0 Å². The molecule has 2 heterocycles. The summed E-state index contributed by atoms with van der Waals surface area (Å²) in [6.45, 7) is -1.77. The lowest BCUT2D eigenvalue weighted by Crippen LogP contribution is -2.55. The smallest absolute Gasteiger partial charge is 0.464 e. The predicted molar refractivity (Wildman–Crippen MR) is 113 cm³/mol. The standard InChI is InChI=1S/C20H20ClF3N4O7/c21-12-1-2-14-11(9-12)10-15(35-14)16(29)25-13-3-5-27(6-4-13)18(31)17(30)26-28(19(32)33)7-8-34-20(22,23)24/h1-2,9-10,13H,3-8H2,(H,25,29)(H,26,30)(H,32,33). The van der Waals surface area contributed by atoms with E-state index in [0.29, 0.717) is 28.8 Å². The normalized spacial score (nSPS) is 14.6. The van der Waals surface area contributed by atoms with E-state index >= 15 is 0 Å². The molecule has 3 N–H and O–H groups in total. The van der Waals surface area contributed by atoms with Gasteiger partial charge in [-0.15, -0.1) is 13.2 Å². The number of carbonyl (C=O) groups excluding carboxylic acids is 3. The zero-order valence-corrected chi connectivity index (χ0v) is 18.7. The van der Waals surface area contributed by atoms with Crippen LogP contribution in [-0.4, -0.2) is 77.5 Å². The number of carbonyl (C=O) groups is 4. The predicted octanol–water partition coefficient (Wildman–Crippen LogP) is 2.35. The number of amides is 4. The van der Waals surface area contributed by atoms with Gasteiger partial charge in [-0.3, -0.25) is 24.5 Å². The van der Waals surface area contributed by atoms with Crippen LogP contribution in [-0.2, 0) is 14.3 Å². The molecule has 11 nitrogen and oxygen atoms in total. The fourth-order valence-electron chi connectivity index (χ4n) is 3.38. The first-order chi connectivity index (χ1) is 16.4. The Labute approximate surface area is 200 Å². The van der Waals surface area contributed by atoms with Gasteiger partial charge >= 0.3 is 24.3 Å². The summed E-state index contributed by atoms with van der Waals surface area (Å²) in [5.74, 6) is -2.77. The Hall–Kier alpha value is -3.52. The van der Waals surface area contributed by atoms with Crippen LogP contribution >= 0.6 is 11.6 Å². The van der Waals surface area contributed by atoms with Crippen molar-refractivity contribution in [1.82, 2.24) is 20.7 Å². The van der Waals surface area contributed by atoms with Gasteiger partial charge in [0.05, 0.1) is 13.2 Å². The summed E-state index contributed by atoms with van der Waals surface area (Å²) >= 11 is 5.93. The number of hydrogen-bond donors (Lipinski definition) is 3. The highest BCUT2D eigenvalue weighted by Gasteiger charge is 2.32. The van der Waals surface area contributed by atoms with Gasteiger partial charge in [-0.2, -0.15) is 0 Å². The molecule has 1 aromatic carbocycles. The minimum atomic E-state index is -4.97. The number of nitrogens with one attached hydrogen (secondary N) is 2. The van der Waals surface area contributed by atoms with Crippen molar-refractivity contribution >= 4 is 46.4 Å². The highest BCUT2D eigenvalue weighted by atomic mass is 35.5. The maximum absolute atomic E-state index is 12.5. The van der Waals surface area contributed by atoms with Gasteiger partial charge in [-0.05, 0) is 37.1 Å². The van der Waals surface area contributed by atoms with Gasteiger partial charge in [0.1, 0.15) is 5.58 Å². The molecule has 0 atom stereocenters. The van der Waals surface area contributed by atoms with Crippen molar-refractivity contribution < 1.29 is 46.6 Å². The van der Waals surface area contributed by atoms with E-state index in [2.05, 4.69) is 10.1 Å². The summed E-state index contributed by atoms with van der Waals surface area (Å²) in [5, 5.41) is 13.1. The first-order valence-electron chi connectivity index (χ1n) is 10.2. The summed E-state index contributed by atoms with van der Waals surface area (Å²) in [6.07, 6.45) is -6.13. The van der Waals surface area contributed by atoms with Crippen molar-refractivity contribution in [2.45, 2.75) is 25.2 Å². The molecule has 4 amide bonds. The van der Waals surface area contributed by atoms with Crippen molar-refractivity contribution in [3.63, 3.8) is 0 Å². The van der Waals surface area contributed by atoms with Gasteiger partial charge in [-0.1, -0.05) is 11.6 Å². The van der Waals surface area contributed by atoms with Crippen LogP contribution in [0.1, 0.15) is 23.4 Å². The Morgan fingerprint density at radius 1 is 1.20 bits per heavy atom. The van der Waals surface area contributed by atoms with Gasteiger partial charge in [0.15, 0.2) is 5.76 Å². The average molecular weight is 521 g/mol. The molecule has 0 bridgehead atoms. The summed E-state index contributed by atoms with van der Waals surface area (Å²) < 4.78 is 45.1. The van der Waals surface area contributed by atoms with E-state index in [9.17, 15) is 32.3 Å². The van der Waals surface area contributed by atoms with Crippen molar-refractivity contribution in [2.24, 2.45) is 0 Å². The molecule has 0 unspecified atom stereocenters. The maximum Gasteiger partial charge on any atom is 0.522 e. The third kappa shape index (κ3) is 7.23. The zero-order valence-electron chi connectivity index (χ0n) is 17.9. The van der Waals surface area contributed by atoms with E-state index in [1.54, 1.807) is 29.7 Å². The molecule has 1 fully saturated rings. The van der Waals surface area contributed by atoms with Gasteiger partial charge in [0, 0.05) is 29.5 Å². The molecule has 1 saturated heterocycles. The van der Waals surface area contributed by atoms with Crippen molar-refractivity contribution in [1.29, 1.82) is 0 Å². The van der Waals surface area contributed by atoms with E-state index in [4.69, 9.17) is 21.1 Å². The van der Waals surface area contributed by atoms with E-state index in [0.717, 1.165) is 4.90 Å². The molecule has 1 aromatic heterocycles. The SMILES string of the molecule is O=C(NN(CCOC(F)(F)F)C(=O)O)C(=O)N1CCC(NC(=O)c2cc3cc(Cl)ccc3o2)CC1. The highest BCUT2D eigenvalue weighted by Crippen LogP contribution is 2.23. The van der Waals surface area contributed by atoms with Crippen LogP contribution in [0.4, 0.5) is 18.0 Å². The molecule has 1 aliphatic heterocycles. The van der Waals surface area contributed by atoms with E-state index in [-0.39, 0.29) is 29.9 Å². The number of furan rings is 1. The molecule has 1 aliphatic rings. The van der Waals surface area contributed by atoms with Crippen molar-refractivity contribution in [3.8, 4) is 0 Å². The Balaban J connectivity index is 1.47. The van der Waals surface area contributed by atoms with Gasteiger partial charge < -0.3 is 19.7 Å². The molecule has 2 aromatic rings. The molecule has 15 heteroatoms. The summed E-state index contributed by atoms with van der Waals surface area (Å²) in [7, 11) is 0. The number of ether oxygens (including phenoxy) is 1. The number of carboxylic acid groups (broad SMARTS) is 1. The number of piperidine rings is 1. The molecule has 35 heavy (non-hydrogen) atoms. The topological polar surface area (TPSA) is 141 Å². The van der Waals surface area contributed by atoms with E-state index in [1.165, 1.54) is 0 Å². The Morgan fingerprint density at radius 2 is 1.89 bits per heavy atom. The second-order valence-electron chi connectivity index (χ2n) is 7.50. The summed E-state index contributed by atoms with van der Waals surface area (Å²) in [4.78, 5) is 49.2. The highest BCUT2D eigenvalue weighted by molar-refractivity contribution is 6.35. The number of fused-ring (bicyclic) bond motifs is 1. The molecule has 0 spiro atoms. The third-order valence-electron chi connectivity index (χ3n) is 5.06. The third-order valence-corrected chi connectivity index (χ3v) is 5.30. The summed E-state index contributed by atoms with van der Waals surface area (Å²) in [6, 6.07) is 6.15. The maximum atomic E-state index is 12.5. The fraction of sp³-hybridized carbons (Fsp3) is 0.400. The van der Waals surface area contributed by atoms with Crippen LogP contribution in [0.5, 0.6) is 0 Å². The number of halogens is 4. The lowest BCUT2D eigenvalue weighted by Gasteiger charge is -2.32. The second kappa shape index (κ2) is 10.8. The molecular weight excluding hydrogens is 501 g/mol. The first kappa shape index (κ1) is 26.1. The number of benzene rings is 1. The number of alkyl halides is 3. The molecule has 190 valence electrons. The molecule has 3 rings (SSSR count). The molecule has 0 aliphatic carbocycles. The van der Waals surface area contributed by atoms with Gasteiger partial charge in [-0.25, -0.2) is 9.80 Å². The van der Waals surface area contributed by atoms with Crippen LogP contribution in [0, 0.1) is 0 Å². The van der Waals surface area contributed by atoms with Crippen LogP contribution in [0.3, 0.4) is 0 Å². The quantitative estimate of drug-likeness (QED) is 0.406. The van der Waals surface area contributed by atoms with E-state index in [1.807, 2.05) is 0 Å². The van der Waals surface area contributed by atoms with Crippen molar-refractivity contribution in [3.05, 3.63) is 35.0 Å². The second-order valence-corrected chi connectivity index (χ2v) is 7.94. The first-order valence-corrected chi connectivity index (χ1v) is 10.6. The van der Waals surface area contributed by atoms with Crippen LogP contribution in [0.15, 0.2) is 28.7 Å². The number of hydrazine groups is 1.